The predicted molar refractivity (Wildman–Crippen MR) is 70.1 cm³/mol. The van der Waals surface area contributed by atoms with Crippen LogP contribution in [-0.2, 0) is 9.47 Å². The average molecular weight is 265 g/mol. The average Bonchev–Trinajstić information content (AvgIpc) is 2.48. The largest absolute Gasteiger partial charge is 0.464 e. The van der Waals surface area contributed by atoms with Gasteiger partial charge in [-0.05, 0) is 25.7 Å². The van der Waals surface area contributed by atoms with Crippen molar-refractivity contribution in [3.8, 4) is 0 Å². The summed E-state index contributed by atoms with van der Waals surface area (Å²) in [4.78, 5) is 19.4. The lowest BCUT2D eigenvalue weighted by molar-refractivity contribution is 0.0134. The maximum absolute atomic E-state index is 11.3. The zero-order valence-corrected chi connectivity index (χ0v) is 11.1. The SMILES string of the molecule is COC(=O)c1cncc(NCCC2CCCCO2)n1. The number of esters is 1. The Morgan fingerprint density at radius 1 is 1.53 bits per heavy atom. The molecule has 1 saturated heterocycles. The number of carbonyl (C=O) groups is 1. The minimum atomic E-state index is -0.480. The van der Waals surface area contributed by atoms with E-state index in [0.717, 1.165) is 32.4 Å². The van der Waals surface area contributed by atoms with E-state index in [-0.39, 0.29) is 5.69 Å². The number of carbonyl (C=O) groups excluding carboxylic acids is 1. The van der Waals surface area contributed by atoms with Crippen molar-refractivity contribution in [2.24, 2.45) is 0 Å². The molecular weight excluding hydrogens is 246 g/mol. The van der Waals surface area contributed by atoms with Gasteiger partial charge in [0.25, 0.3) is 0 Å². The lowest BCUT2D eigenvalue weighted by atomic mass is 10.1. The van der Waals surface area contributed by atoms with E-state index in [0.29, 0.717) is 11.9 Å². The van der Waals surface area contributed by atoms with Crippen LogP contribution in [0.25, 0.3) is 0 Å². The topological polar surface area (TPSA) is 73.3 Å². The molecule has 6 nitrogen and oxygen atoms in total. The Morgan fingerprint density at radius 2 is 2.42 bits per heavy atom. The molecule has 0 saturated carbocycles. The van der Waals surface area contributed by atoms with Crippen molar-refractivity contribution < 1.29 is 14.3 Å². The Balaban J connectivity index is 1.80. The standard InChI is InChI=1S/C13H19N3O3/c1-18-13(17)11-8-14-9-12(16-11)15-6-5-10-4-2-3-7-19-10/h8-10H,2-7H2,1H3,(H,15,16). The highest BCUT2D eigenvalue weighted by Gasteiger charge is 2.13. The molecule has 1 N–H and O–H groups in total. The second kappa shape index (κ2) is 7.04. The van der Waals surface area contributed by atoms with Gasteiger partial charge in [-0.25, -0.2) is 9.78 Å². The minimum absolute atomic E-state index is 0.210. The second-order valence-corrected chi connectivity index (χ2v) is 4.49. The lowest BCUT2D eigenvalue weighted by Gasteiger charge is -2.22. The summed E-state index contributed by atoms with van der Waals surface area (Å²) >= 11 is 0. The number of aromatic nitrogens is 2. The van der Waals surface area contributed by atoms with Crippen LogP contribution in [0, 0.1) is 0 Å². The van der Waals surface area contributed by atoms with Gasteiger partial charge in [-0.15, -0.1) is 0 Å². The summed E-state index contributed by atoms with van der Waals surface area (Å²) in [5, 5.41) is 3.15. The van der Waals surface area contributed by atoms with E-state index in [4.69, 9.17) is 4.74 Å². The molecule has 6 heteroatoms. The van der Waals surface area contributed by atoms with Crippen LogP contribution in [0.15, 0.2) is 12.4 Å². The van der Waals surface area contributed by atoms with Gasteiger partial charge in [0, 0.05) is 13.2 Å². The molecule has 1 unspecified atom stereocenters. The molecule has 2 heterocycles. The summed E-state index contributed by atoms with van der Waals surface area (Å²) in [6, 6.07) is 0. The number of nitrogens with one attached hydrogen (secondary N) is 1. The summed E-state index contributed by atoms with van der Waals surface area (Å²) in [5.41, 5.74) is 0.210. The Labute approximate surface area is 112 Å². The highest BCUT2D eigenvalue weighted by atomic mass is 16.5. The van der Waals surface area contributed by atoms with Crippen LogP contribution in [0.3, 0.4) is 0 Å². The van der Waals surface area contributed by atoms with Gasteiger partial charge >= 0.3 is 5.97 Å². The van der Waals surface area contributed by atoms with E-state index >= 15 is 0 Å². The van der Waals surface area contributed by atoms with Gasteiger partial charge in [0.2, 0.25) is 0 Å². The Bertz CT molecular complexity index is 419. The molecule has 0 bridgehead atoms. The summed E-state index contributed by atoms with van der Waals surface area (Å²) in [6.07, 6.45) is 7.77. The fraction of sp³-hybridized carbons (Fsp3) is 0.615. The summed E-state index contributed by atoms with van der Waals surface area (Å²) in [5.74, 6) is 0.102. The van der Waals surface area contributed by atoms with E-state index < -0.39 is 5.97 Å². The van der Waals surface area contributed by atoms with Crippen molar-refractivity contribution in [2.45, 2.75) is 31.8 Å². The van der Waals surface area contributed by atoms with Crippen LogP contribution < -0.4 is 5.32 Å². The Kier molecular flexibility index (Phi) is 5.09. The van der Waals surface area contributed by atoms with Gasteiger partial charge in [-0.2, -0.15) is 0 Å². The maximum atomic E-state index is 11.3. The molecule has 2 rings (SSSR count). The van der Waals surface area contributed by atoms with Crippen molar-refractivity contribution in [1.29, 1.82) is 0 Å². The quantitative estimate of drug-likeness (QED) is 0.816. The first-order valence-electron chi connectivity index (χ1n) is 6.55. The van der Waals surface area contributed by atoms with Crippen LogP contribution in [0.4, 0.5) is 5.82 Å². The van der Waals surface area contributed by atoms with Crippen LogP contribution in [0.1, 0.15) is 36.2 Å². The third kappa shape index (κ3) is 4.17. The third-order valence-corrected chi connectivity index (χ3v) is 3.08. The van der Waals surface area contributed by atoms with E-state index in [1.807, 2.05) is 0 Å². The molecule has 0 aromatic carbocycles. The van der Waals surface area contributed by atoms with Crippen LogP contribution in [0.2, 0.25) is 0 Å². The van der Waals surface area contributed by atoms with Crippen molar-refractivity contribution in [3.05, 3.63) is 18.1 Å². The summed E-state index contributed by atoms with van der Waals surface area (Å²) in [6.45, 7) is 1.62. The lowest BCUT2D eigenvalue weighted by Crippen LogP contribution is -2.22. The smallest absolute Gasteiger partial charge is 0.358 e. The number of rotatable bonds is 5. The maximum Gasteiger partial charge on any atom is 0.358 e. The van der Waals surface area contributed by atoms with E-state index in [9.17, 15) is 4.79 Å². The minimum Gasteiger partial charge on any atom is -0.464 e. The number of methoxy groups -OCH3 is 1. The molecule has 1 fully saturated rings. The molecule has 0 amide bonds. The van der Waals surface area contributed by atoms with E-state index in [1.165, 1.54) is 19.7 Å². The van der Waals surface area contributed by atoms with Crippen LogP contribution in [0.5, 0.6) is 0 Å². The van der Waals surface area contributed by atoms with Crippen molar-refractivity contribution in [2.75, 3.05) is 25.6 Å². The van der Waals surface area contributed by atoms with Crippen molar-refractivity contribution >= 4 is 11.8 Å². The first-order valence-corrected chi connectivity index (χ1v) is 6.55. The molecule has 1 aliphatic rings. The fourth-order valence-corrected chi connectivity index (χ4v) is 2.05. The fourth-order valence-electron chi connectivity index (χ4n) is 2.05. The van der Waals surface area contributed by atoms with Gasteiger partial charge in [-0.1, -0.05) is 0 Å². The van der Waals surface area contributed by atoms with Gasteiger partial charge < -0.3 is 14.8 Å². The first-order chi connectivity index (χ1) is 9.29. The predicted octanol–water partition coefficient (Wildman–Crippen LogP) is 1.63. The molecule has 1 aliphatic heterocycles. The van der Waals surface area contributed by atoms with E-state index in [2.05, 4.69) is 20.0 Å². The van der Waals surface area contributed by atoms with Crippen molar-refractivity contribution in [3.63, 3.8) is 0 Å². The normalized spacial score (nSPS) is 18.9. The highest BCUT2D eigenvalue weighted by molar-refractivity contribution is 5.87. The number of ether oxygens (including phenoxy) is 2. The highest BCUT2D eigenvalue weighted by Crippen LogP contribution is 2.15. The number of anilines is 1. The monoisotopic (exact) mass is 265 g/mol. The number of nitrogens with zero attached hydrogens (tertiary/aromatic N) is 2. The van der Waals surface area contributed by atoms with Crippen LogP contribution in [-0.4, -0.2) is 42.3 Å². The first kappa shape index (κ1) is 13.7. The Morgan fingerprint density at radius 3 is 3.16 bits per heavy atom. The van der Waals surface area contributed by atoms with Gasteiger partial charge in [0.05, 0.1) is 25.6 Å². The summed E-state index contributed by atoms with van der Waals surface area (Å²) in [7, 11) is 1.32. The molecule has 1 aromatic heterocycles. The molecule has 1 aromatic rings. The van der Waals surface area contributed by atoms with E-state index in [1.54, 1.807) is 6.20 Å². The Hall–Kier alpha value is -1.69. The molecule has 0 radical (unpaired) electrons. The zero-order chi connectivity index (χ0) is 13.5. The molecule has 0 aliphatic carbocycles. The molecule has 1 atom stereocenters. The molecular formula is C13H19N3O3. The van der Waals surface area contributed by atoms with Crippen molar-refractivity contribution in [1.82, 2.24) is 9.97 Å². The van der Waals surface area contributed by atoms with Crippen LogP contribution >= 0.6 is 0 Å². The zero-order valence-electron chi connectivity index (χ0n) is 11.1. The molecule has 0 spiro atoms. The van der Waals surface area contributed by atoms with Gasteiger partial charge in [0.15, 0.2) is 5.69 Å². The molecule has 19 heavy (non-hydrogen) atoms. The number of hydrogen-bond donors (Lipinski definition) is 1. The van der Waals surface area contributed by atoms with Gasteiger partial charge in [-0.3, -0.25) is 4.98 Å². The molecule has 104 valence electrons. The van der Waals surface area contributed by atoms with Gasteiger partial charge in [0.1, 0.15) is 5.82 Å². The summed E-state index contributed by atoms with van der Waals surface area (Å²) < 4.78 is 10.2. The number of hydrogen-bond acceptors (Lipinski definition) is 6. The second-order valence-electron chi connectivity index (χ2n) is 4.49. The third-order valence-electron chi connectivity index (χ3n) is 3.08.